The Morgan fingerprint density at radius 1 is 0.568 bits per heavy atom. The van der Waals surface area contributed by atoms with Crippen LogP contribution in [0.5, 0.6) is 34.5 Å². The fourth-order valence-corrected chi connectivity index (χ4v) is 5.77. The molecule has 0 saturated carbocycles. The van der Waals surface area contributed by atoms with E-state index in [0.29, 0.717) is 90.2 Å². The van der Waals surface area contributed by atoms with E-state index in [1.807, 2.05) is 26.0 Å². The fraction of sp³-hybridized carbons (Fsp3) is 0.265. The number of fused-ring (bicyclic) bond motifs is 12. The van der Waals surface area contributed by atoms with Crippen molar-refractivity contribution in [2.24, 2.45) is 5.92 Å². The van der Waals surface area contributed by atoms with Crippen LogP contribution in [0.4, 0.5) is 0 Å². The van der Waals surface area contributed by atoms with Crippen molar-refractivity contribution in [3.63, 3.8) is 0 Å². The lowest BCUT2D eigenvalue weighted by molar-refractivity contribution is -0.138. The van der Waals surface area contributed by atoms with E-state index < -0.39 is 0 Å². The van der Waals surface area contributed by atoms with Gasteiger partial charge >= 0.3 is 5.97 Å². The molecule has 4 aromatic carbocycles. The van der Waals surface area contributed by atoms with Crippen molar-refractivity contribution in [2.75, 3.05) is 35.5 Å². The van der Waals surface area contributed by atoms with Crippen molar-refractivity contribution in [1.29, 1.82) is 0 Å². The number of benzene rings is 4. The van der Waals surface area contributed by atoms with Crippen LogP contribution >= 0.6 is 0 Å². The lowest BCUT2D eigenvalue weighted by Crippen LogP contribution is -2.17. The third-order valence-corrected chi connectivity index (χ3v) is 8.27. The van der Waals surface area contributed by atoms with Crippen LogP contribution in [0, 0.1) is 5.92 Å². The van der Waals surface area contributed by atoms with Crippen molar-refractivity contribution in [1.82, 2.24) is 0 Å². The molecular weight excluding hydrogens is 568 g/mol. The van der Waals surface area contributed by atoms with Gasteiger partial charge in [-0.3, -0.25) is 4.79 Å². The minimum absolute atomic E-state index is 0.282. The summed E-state index contributed by atoms with van der Waals surface area (Å²) in [5.74, 6) is 2.13. The van der Waals surface area contributed by atoms with Gasteiger partial charge in [0.1, 0.15) is 16.7 Å². The molecule has 3 aromatic heterocycles. The van der Waals surface area contributed by atoms with Gasteiger partial charge in [-0.1, -0.05) is 13.8 Å². The standard InChI is InChI=1S/C34H30O10/c1-8-15(2)34(35)44-27-11-18-21(14-26(27)40-7)43-33-29-16-9-22(36-3)24(38-5)12-19(16)41-31(29)28-17-10-23(37-4)25(39-6)13-20(17)42-32(28)30(18)33/h9-15H,8H2,1-7H3. The summed E-state index contributed by atoms with van der Waals surface area (Å²) >= 11 is 0. The first-order valence-electron chi connectivity index (χ1n) is 14.1. The Kier molecular flexibility index (Phi) is 6.38. The van der Waals surface area contributed by atoms with Gasteiger partial charge < -0.3 is 41.7 Å². The fourth-order valence-electron chi connectivity index (χ4n) is 5.77. The minimum atomic E-state index is -0.352. The monoisotopic (exact) mass is 598 g/mol. The molecule has 1 atom stereocenters. The molecule has 0 aliphatic carbocycles. The van der Waals surface area contributed by atoms with Gasteiger partial charge in [-0.05, 0) is 24.6 Å². The van der Waals surface area contributed by atoms with E-state index in [-0.39, 0.29) is 17.6 Å². The van der Waals surface area contributed by atoms with Crippen LogP contribution in [0.2, 0.25) is 0 Å². The number of rotatable bonds is 8. The summed E-state index contributed by atoms with van der Waals surface area (Å²) < 4.78 is 53.5. The van der Waals surface area contributed by atoms with Crippen LogP contribution in [0.3, 0.4) is 0 Å². The van der Waals surface area contributed by atoms with E-state index >= 15 is 0 Å². The van der Waals surface area contributed by atoms with Gasteiger partial charge in [-0.15, -0.1) is 0 Å². The Morgan fingerprint density at radius 3 is 1.23 bits per heavy atom. The Hall–Kier alpha value is -5.25. The number of methoxy groups -OCH3 is 5. The van der Waals surface area contributed by atoms with Crippen LogP contribution in [-0.2, 0) is 4.79 Å². The summed E-state index contributed by atoms with van der Waals surface area (Å²) in [6.07, 6.45) is 0.643. The zero-order chi connectivity index (χ0) is 30.9. The first-order chi connectivity index (χ1) is 21.3. The predicted molar refractivity (Wildman–Crippen MR) is 166 cm³/mol. The highest BCUT2D eigenvalue weighted by atomic mass is 16.6. The van der Waals surface area contributed by atoms with Crippen LogP contribution < -0.4 is 28.4 Å². The van der Waals surface area contributed by atoms with Crippen LogP contribution in [0.15, 0.2) is 49.6 Å². The van der Waals surface area contributed by atoms with Gasteiger partial charge in [0, 0.05) is 34.4 Å². The maximum Gasteiger partial charge on any atom is 0.314 e. The normalized spacial score (nSPS) is 12.5. The van der Waals surface area contributed by atoms with Gasteiger partial charge in [-0.2, -0.15) is 0 Å². The SMILES string of the molecule is CCC(C)C(=O)Oc1cc2c(cc1OC)oc1c3c4cc(OC)c(OC)cc4oc3c3c4cc(OC)c(OC)cc4oc3c21. The second kappa shape index (κ2) is 10.2. The third-order valence-electron chi connectivity index (χ3n) is 8.27. The van der Waals surface area contributed by atoms with E-state index in [1.165, 1.54) is 7.11 Å². The second-order valence-corrected chi connectivity index (χ2v) is 10.6. The van der Waals surface area contributed by atoms with E-state index in [0.717, 1.165) is 10.8 Å². The molecule has 0 radical (unpaired) electrons. The molecule has 7 aromatic rings. The van der Waals surface area contributed by atoms with Crippen molar-refractivity contribution in [3.05, 3.63) is 36.4 Å². The first kappa shape index (κ1) is 27.6. The average molecular weight is 599 g/mol. The van der Waals surface area contributed by atoms with E-state index in [4.69, 9.17) is 41.7 Å². The van der Waals surface area contributed by atoms with Crippen LogP contribution in [-0.4, -0.2) is 41.5 Å². The highest BCUT2D eigenvalue weighted by Gasteiger charge is 2.28. The second-order valence-electron chi connectivity index (χ2n) is 10.6. The van der Waals surface area contributed by atoms with Gasteiger partial charge in [-0.25, -0.2) is 0 Å². The maximum absolute atomic E-state index is 12.8. The number of carbonyl (C=O) groups is 1. The lowest BCUT2D eigenvalue weighted by Gasteiger charge is -2.12. The highest BCUT2D eigenvalue weighted by molar-refractivity contribution is 6.36. The van der Waals surface area contributed by atoms with Gasteiger partial charge in [0.05, 0.1) is 57.6 Å². The highest BCUT2D eigenvalue weighted by Crippen LogP contribution is 2.51. The molecule has 0 aliphatic heterocycles. The van der Waals surface area contributed by atoms with Crippen molar-refractivity contribution in [3.8, 4) is 34.5 Å². The molecule has 3 heterocycles. The molecule has 7 rings (SSSR count). The lowest BCUT2D eigenvalue weighted by atomic mass is 10.0. The number of ether oxygens (including phenoxy) is 6. The number of hydrogen-bond acceptors (Lipinski definition) is 10. The molecule has 0 aliphatic rings. The molecule has 0 saturated heterocycles. The Bertz CT molecular complexity index is 2220. The van der Waals surface area contributed by atoms with Gasteiger partial charge in [0.2, 0.25) is 0 Å². The molecule has 0 bridgehead atoms. The first-order valence-corrected chi connectivity index (χ1v) is 14.1. The van der Waals surface area contributed by atoms with Crippen molar-refractivity contribution < 1.29 is 46.5 Å². The van der Waals surface area contributed by atoms with E-state index in [9.17, 15) is 4.79 Å². The molecule has 0 spiro atoms. The van der Waals surface area contributed by atoms with Crippen molar-refractivity contribution in [2.45, 2.75) is 20.3 Å². The zero-order valence-electron chi connectivity index (χ0n) is 25.3. The largest absolute Gasteiger partial charge is 0.493 e. The summed E-state index contributed by atoms with van der Waals surface area (Å²) in [7, 11) is 7.83. The predicted octanol–water partition coefficient (Wildman–Crippen LogP) is 8.38. The summed E-state index contributed by atoms with van der Waals surface area (Å²) in [4.78, 5) is 12.8. The summed E-state index contributed by atoms with van der Waals surface area (Å²) in [5.41, 5.74) is 3.26. The maximum atomic E-state index is 12.8. The van der Waals surface area contributed by atoms with E-state index in [1.54, 1.807) is 52.7 Å². The van der Waals surface area contributed by atoms with E-state index in [2.05, 4.69) is 0 Å². The number of carbonyl (C=O) groups excluding carboxylic acids is 1. The minimum Gasteiger partial charge on any atom is -0.493 e. The topological polar surface area (TPSA) is 112 Å². The third kappa shape index (κ3) is 3.83. The molecule has 0 amide bonds. The van der Waals surface area contributed by atoms with Gasteiger partial charge in [0.25, 0.3) is 0 Å². The molecule has 226 valence electrons. The Labute approximate surface area is 250 Å². The Balaban J connectivity index is 1.68. The van der Waals surface area contributed by atoms with Crippen LogP contribution in [0.1, 0.15) is 20.3 Å². The quantitative estimate of drug-likeness (QED) is 0.125. The zero-order valence-corrected chi connectivity index (χ0v) is 25.3. The molecule has 0 N–H and O–H groups in total. The number of esters is 1. The molecule has 1 unspecified atom stereocenters. The summed E-state index contributed by atoms with van der Waals surface area (Å²) in [6.45, 7) is 3.76. The summed E-state index contributed by atoms with van der Waals surface area (Å²) in [6, 6.07) is 10.8. The van der Waals surface area contributed by atoms with Gasteiger partial charge in [0.15, 0.2) is 51.2 Å². The molecule has 0 fully saturated rings. The molecule has 10 heteroatoms. The average Bonchev–Trinajstić information content (AvgIpc) is 3.72. The molecule has 44 heavy (non-hydrogen) atoms. The number of hydrogen-bond donors (Lipinski definition) is 0. The smallest absolute Gasteiger partial charge is 0.314 e. The summed E-state index contributed by atoms with van der Waals surface area (Å²) in [5, 5.41) is 4.30. The number of furan rings is 3. The molecular formula is C34H30O10. The Morgan fingerprint density at radius 2 is 0.886 bits per heavy atom. The van der Waals surface area contributed by atoms with Crippen molar-refractivity contribution >= 4 is 71.8 Å². The molecule has 10 nitrogen and oxygen atoms in total. The van der Waals surface area contributed by atoms with Crippen LogP contribution in [0.25, 0.3) is 65.8 Å².